The van der Waals surface area contributed by atoms with E-state index in [9.17, 15) is 14.2 Å². The van der Waals surface area contributed by atoms with Gasteiger partial charge in [-0.15, -0.1) is 0 Å². The van der Waals surface area contributed by atoms with Gasteiger partial charge in [-0.1, -0.05) is 30.4 Å². The molecule has 0 aliphatic carbocycles. The molecule has 0 saturated heterocycles. The Morgan fingerprint density at radius 1 is 1.19 bits per heavy atom. The van der Waals surface area contributed by atoms with Crippen LogP contribution in [-0.2, 0) is 23.2 Å². The summed E-state index contributed by atoms with van der Waals surface area (Å²) >= 11 is 6.32. The number of carbonyl (C=O) groups is 2. The average Bonchev–Trinajstić information content (AvgIpc) is 2.54. The highest BCUT2D eigenvalue weighted by Gasteiger charge is 2.22. The number of hydrogen-bond donors (Lipinski definition) is 3. The Labute approximate surface area is 164 Å². The monoisotopic (exact) mass is 428 g/mol. The molecule has 0 saturated carbocycles. The molecular formula is C15H29N2O6PS2. The van der Waals surface area contributed by atoms with Gasteiger partial charge in [0.2, 0.25) is 5.91 Å². The molecule has 0 aromatic heterocycles. The van der Waals surface area contributed by atoms with E-state index < -0.39 is 25.5 Å². The van der Waals surface area contributed by atoms with Crippen molar-refractivity contribution in [3.63, 3.8) is 0 Å². The first kappa shape index (κ1) is 25.3. The van der Waals surface area contributed by atoms with Crippen LogP contribution in [-0.4, -0.2) is 59.0 Å². The van der Waals surface area contributed by atoms with Crippen LogP contribution in [0.1, 0.15) is 40.0 Å². The second kappa shape index (κ2) is 14.4. The fourth-order valence-electron chi connectivity index (χ4n) is 1.99. The fourth-order valence-corrected chi connectivity index (χ4v) is 4.77. The third-order valence-corrected chi connectivity index (χ3v) is 6.66. The number of aliphatic carboxylic acids is 1. The summed E-state index contributed by atoms with van der Waals surface area (Å²) in [5.41, 5.74) is 0. The smallest absolute Gasteiger partial charge is 0.330 e. The summed E-state index contributed by atoms with van der Waals surface area (Å²) in [7, 11) is -2.97. The van der Waals surface area contributed by atoms with E-state index in [1.54, 1.807) is 13.8 Å². The molecular weight excluding hydrogens is 399 g/mol. The number of hydrogen-bond acceptors (Lipinski definition) is 7. The van der Waals surface area contributed by atoms with Gasteiger partial charge in [0.15, 0.2) is 0 Å². The van der Waals surface area contributed by atoms with Crippen molar-refractivity contribution in [1.29, 1.82) is 0 Å². The van der Waals surface area contributed by atoms with Gasteiger partial charge in [0.25, 0.3) is 0 Å². The lowest BCUT2D eigenvalue weighted by molar-refractivity contribution is -0.140. The van der Waals surface area contributed by atoms with Crippen LogP contribution < -0.4 is 10.6 Å². The molecule has 0 unspecified atom stereocenters. The molecule has 26 heavy (non-hydrogen) atoms. The number of carbonyl (C=O) groups excluding carboxylic acids is 1. The SMILES string of the molecule is CCOP(=O)(CCCCCNC(=S)SC[C@H](NC(C)=O)C(=O)O)OCC. The van der Waals surface area contributed by atoms with Crippen LogP contribution in [0.5, 0.6) is 0 Å². The van der Waals surface area contributed by atoms with Crippen molar-refractivity contribution in [2.45, 2.75) is 46.1 Å². The lowest BCUT2D eigenvalue weighted by Gasteiger charge is -2.16. The second-order valence-corrected chi connectivity index (χ2v) is 9.23. The van der Waals surface area contributed by atoms with Crippen molar-refractivity contribution in [2.75, 3.05) is 31.7 Å². The van der Waals surface area contributed by atoms with Gasteiger partial charge in [0.1, 0.15) is 10.4 Å². The van der Waals surface area contributed by atoms with Gasteiger partial charge in [0, 0.05) is 19.2 Å². The van der Waals surface area contributed by atoms with Crippen molar-refractivity contribution >= 4 is 47.8 Å². The van der Waals surface area contributed by atoms with E-state index in [2.05, 4.69) is 10.6 Å². The molecule has 152 valence electrons. The van der Waals surface area contributed by atoms with Crippen LogP contribution in [0, 0.1) is 0 Å². The third-order valence-electron chi connectivity index (χ3n) is 3.09. The van der Waals surface area contributed by atoms with Crippen LogP contribution in [0.15, 0.2) is 0 Å². The Hall–Kier alpha value is -0.670. The summed E-state index contributed by atoms with van der Waals surface area (Å²) in [4.78, 5) is 22.0. The maximum Gasteiger partial charge on any atom is 0.330 e. The molecule has 1 atom stereocenters. The maximum atomic E-state index is 12.3. The molecule has 3 N–H and O–H groups in total. The van der Waals surface area contributed by atoms with Crippen LogP contribution in [0.4, 0.5) is 0 Å². The first-order valence-electron chi connectivity index (χ1n) is 8.52. The standard InChI is InChI=1S/C15H29N2O6PS2/c1-4-22-24(21,23-5-2)10-8-6-7-9-16-15(25)26-11-13(14(19)20)17-12(3)18/h13H,4-11H2,1-3H3,(H,16,25)(H,17,18)(H,19,20)/t13-/m0/s1. The summed E-state index contributed by atoms with van der Waals surface area (Å²) < 4.78 is 23.2. The lowest BCUT2D eigenvalue weighted by Crippen LogP contribution is -2.42. The molecule has 0 radical (unpaired) electrons. The predicted molar refractivity (Wildman–Crippen MR) is 108 cm³/mol. The number of carboxylic acids is 1. The summed E-state index contributed by atoms with van der Waals surface area (Å²) in [5, 5.41) is 14.4. The highest BCUT2D eigenvalue weighted by atomic mass is 32.2. The molecule has 0 heterocycles. The molecule has 0 aliphatic rings. The normalized spacial score (nSPS) is 12.4. The minimum atomic E-state index is -2.97. The first-order valence-corrected chi connectivity index (χ1v) is 11.6. The summed E-state index contributed by atoms with van der Waals surface area (Å²) in [6, 6.07) is -0.969. The Bertz CT molecular complexity index is 497. The van der Waals surface area contributed by atoms with Gasteiger partial charge in [-0.05, 0) is 26.7 Å². The molecule has 8 nitrogen and oxygen atoms in total. The molecule has 0 spiro atoms. The van der Waals surface area contributed by atoms with Gasteiger partial charge < -0.3 is 24.8 Å². The van der Waals surface area contributed by atoms with Gasteiger partial charge in [0.05, 0.1) is 19.4 Å². The zero-order valence-electron chi connectivity index (χ0n) is 15.5. The van der Waals surface area contributed by atoms with E-state index in [0.717, 1.165) is 19.3 Å². The molecule has 0 aromatic rings. The number of unbranched alkanes of at least 4 members (excludes halogenated alkanes) is 2. The molecule has 11 heteroatoms. The van der Waals surface area contributed by atoms with Gasteiger partial charge in [-0.3, -0.25) is 9.36 Å². The minimum Gasteiger partial charge on any atom is -0.480 e. The molecule has 0 rings (SSSR count). The highest BCUT2D eigenvalue weighted by Crippen LogP contribution is 2.48. The quantitative estimate of drug-likeness (QED) is 0.218. The van der Waals surface area contributed by atoms with Crippen molar-refractivity contribution in [3.05, 3.63) is 0 Å². The topological polar surface area (TPSA) is 114 Å². The Kier molecular flexibility index (Phi) is 14.0. The van der Waals surface area contributed by atoms with Crippen LogP contribution in [0.3, 0.4) is 0 Å². The number of nitrogens with one attached hydrogen (secondary N) is 2. The molecule has 1 amide bonds. The van der Waals surface area contributed by atoms with Crippen LogP contribution in [0.2, 0.25) is 0 Å². The zero-order chi connectivity index (χ0) is 20.0. The first-order chi connectivity index (χ1) is 12.2. The van der Waals surface area contributed by atoms with E-state index in [1.165, 1.54) is 18.7 Å². The Morgan fingerprint density at radius 3 is 2.31 bits per heavy atom. The van der Waals surface area contributed by atoms with Gasteiger partial charge in [-0.25, -0.2) is 4.79 Å². The molecule has 0 bridgehead atoms. The van der Waals surface area contributed by atoms with Crippen LogP contribution in [0.25, 0.3) is 0 Å². The van der Waals surface area contributed by atoms with E-state index >= 15 is 0 Å². The Morgan fingerprint density at radius 2 is 1.81 bits per heavy atom. The molecule has 0 fully saturated rings. The van der Waals surface area contributed by atoms with Crippen molar-refractivity contribution < 1.29 is 28.3 Å². The number of carboxylic acid groups (broad SMARTS) is 1. The van der Waals surface area contributed by atoms with Crippen molar-refractivity contribution in [3.8, 4) is 0 Å². The minimum absolute atomic E-state index is 0.159. The highest BCUT2D eigenvalue weighted by molar-refractivity contribution is 8.23. The Balaban J connectivity index is 3.93. The fraction of sp³-hybridized carbons (Fsp3) is 0.800. The zero-order valence-corrected chi connectivity index (χ0v) is 18.0. The van der Waals surface area contributed by atoms with E-state index in [1.807, 2.05) is 0 Å². The molecule has 0 aliphatic heterocycles. The second-order valence-electron chi connectivity index (χ2n) is 5.35. The average molecular weight is 429 g/mol. The summed E-state index contributed by atoms with van der Waals surface area (Å²) in [5.74, 6) is -1.33. The van der Waals surface area contributed by atoms with Gasteiger partial charge >= 0.3 is 13.6 Å². The summed E-state index contributed by atoms with van der Waals surface area (Å²) in [6.07, 6.45) is 2.79. The predicted octanol–water partition coefficient (Wildman–Crippen LogP) is 2.62. The van der Waals surface area contributed by atoms with Crippen molar-refractivity contribution in [1.82, 2.24) is 10.6 Å². The van der Waals surface area contributed by atoms with E-state index in [-0.39, 0.29) is 5.75 Å². The van der Waals surface area contributed by atoms with E-state index in [4.69, 9.17) is 26.4 Å². The third kappa shape index (κ3) is 12.6. The largest absolute Gasteiger partial charge is 0.480 e. The lowest BCUT2D eigenvalue weighted by atomic mass is 10.2. The number of rotatable bonds is 14. The number of thiocarbonyl (C=S) groups is 1. The van der Waals surface area contributed by atoms with Crippen molar-refractivity contribution in [2.24, 2.45) is 0 Å². The molecule has 0 aromatic carbocycles. The maximum absolute atomic E-state index is 12.3. The van der Waals surface area contributed by atoms with E-state index in [0.29, 0.717) is 30.2 Å². The summed E-state index contributed by atoms with van der Waals surface area (Å²) in [6.45, 7) is 6.20. The number of amides is 1. The van der Waals surface area contributed by atoms with Gasteiger partial charge in [-0.2, -0.15) is 0 Å². The van der Waals surface area contributed by atoms with Crippen LogP contribution >= 0.6 is 31.6 Å². The number of thioether (sulfide) groups is 1.